The molecule has 206 valence electrons. The third kappa shape index (κ3) is 5.65. The van der Waals surface area contributed by atoms with E-state index >= 15 is 0 Å². The van der Waals surface area contributed by atoms with Gasteiger partial charge in [0.15, 0.2) is 0 Å². The summed E-state index contributed by atoms with van der Waals surface area (Å²) in [6.07, 6.45) is 14.0. The Bertz CT molecular complexity index is 772. The van der Waals surface area contributed by atoms with Crippen molar-refractivity contribution >= 4 is 11.9 Å². The summed E-state index contributed by atoms with van der Waals surface area (Å²) in [6.45, 7) is 5.65. The summed E-state index contributed by atoms with van der Waals surface area (Å²) in [7, 11) is 1.41. The van der Waals surface area contributed by atoms with E-state index < -0.39 is 0 Å². The number of carbonyl (C=O) groups excluding carboxylic acids is 2. The van der Waals surface area contributed by atoms with Crippen molar-refractivity contribution in [2.75, 3.05) is 13.7 Å². The minimum absolute atomic E-state index is 0.146. The van der Waals surface area contributed by atoms with Crippen molar-refractivity contribution in [3.05, 3.63) is 0 Å². The molecular formula is C30H51NO5. The van der Waals surface area contributed by atoms with Gasteiger partial charge in [-0.15, -0.1) is 0 Å². The van der Waals surface area contributed by atoms with Crippen LogP contribution in [0.5, 0.6) is 0 Å². The van der Waals surface area contributed by atoms with Gasteiger partial charge in [0.1, 0.15) is 0 Å². The fourth-order valence-corrected chi connectivity index (χ4v) is 9.28. The fraction of sp³-hybridized carbons (Fsp3) is 0.933. The maximum Gasteiger partial charge on any atom is 0.305 e. The maximum absolute atomic E-state index is 12.4. The molecule has 4 aliphatic rings. The van der Waals surface area contributed by atoms with Crippen LogP contribution in [0.3, 0.4) is 0 Å². The van der Waals surface area contributed by atoms with Gasteiger partial charge in [-0.25, -0.2) is 0 Å². The first-order chi connectivity index (χ1) is 17.2. The second-order valence-corrected chi connectivity index (χ2v) is 13.2. The fourth-order valence-electron chi connectivity index (χ4n) is 9.28. The van der Waals surface area contributed by atoms with E-state index in [0.717, 1.165) is 57.8 Å². The van der Waals surface area contributed by atoms with Crippen molar-refractivity contribution in [2.24, 2.45) is 40.4 Å². The highest BCUT2D eigenvalue weighted by Crippen LogP contribution is 2.67. The Hall–Kier alpha value is -1.14. The lowest BCUT2D eigenvalue weighted by Crippen LogP contribution is -2.58. The number of ether oxygens (including phenoxy) is 1. The number of hydrogen-bond acceptors (Lipinski definition) is 5. The minimum atomic E-state index is -0.222. The first kappa shape index (κ1) is 27.9. The second kappa shape index (κ2) is 11.7. The molecule has 0 saturated heterocycles. The number of unbranched alkanes of at least 4 members (excludes halogenated alkanes) is 2. The number of methoxy groups -OCH3 is 1. The van der Waals surface area contributed by atoms with Crippen LogP contribution in [0.15, 0.2) is 0 Å². The van der Waals surface area contributed by atoms with Gasteiger partial charge in [-0.05, 0) is 117 Å². The topological polar surface area (TPSA) is 95.9 Å². The molecule has 4 rings (SSSR count). The average Bonchev–Trinajstić information content (AvgIpc) is 3.18. The molecule has 36 heavy (non-hydrogen) atoms. The molecule has 3 N–H and O–H groups in total. The Labute approximate surface area is 218 Å². The van der Waals surface area contributed by atoms with Crippen molar-refractivity contribution in [3.8, 4) is 0 Å². The van der Waals surface area contributed by atoms with Crippen molar-refractivity contribution in [3.63, 3.8) is 0 Å². The van der Waals surface area contributed by atoms with Gasteiger partial charge in [-0.1, -0.05) is 20.3 Å². The van der Waals surface area contributed by atoms with Crippen molar-refractivity contribution in [1.82, 2.24) is 5.32 Å². The van der Waals surface area contributed by atoms with Crippen LogP contribution in [0.4, 0.5) is 0 Å². The Balaban J connectivity index is 1.23. The Morgan fingerprint density at radius 1 is 0.889 bits per heavy atom. The largest absolute Gasteiger partial charge is 0.469 e. The first-order valence-corrected chi connectivity index (χ1v) is 14.9. The van der Waals surface area contributed by atoms with E-state index in [0.29, 0.717) is 49.0 Å². The predicted molar refractivity (Wildman–Crippen MR) is 140 cm³/mol. The number of carbonyl (C=O) groups is 2. The van der Waals surface area contributed by atoms with E-state index in [1.165, 1.54) is 32.8 Å². The monoisotopic (exact) mass is 505 g/mol. The van der Waals surface area contributed by atoms with Crippen molar-refractivity contribution in [2.45, 2.75) is 122 Å². The molecular weight excluding hydrogens is 454 g/mol. The molecule has 4 aliphatic carbocycles. The van der Waals surface area contributed by atoms with E-state index in [-0.39, 0.29) is 34.9 Å². The molecule has 6 nitrogen and oxygen atoms in total. The van der Waals surface area contributed by atoms with E-state index in [1.807, 2.05) is 0 Å². The van der Waals surface area contributed by atoms with Crippen LogP contribution in [0.25, 0.3) is 0 Å². The van der Waals surface area contributed by atoms with Gasteiger partial charge in [0.05, 0.1) is 19.3 Å². The van der Waals surface area contributed by atoms with Crippen LogP contribution < -0.4 is 5.32 Å². The van der Waals surface area contributed by atoms with Crippen molar-refractivity contribution < 1.29 is 24.5 Å². The highest BCUT2D eigenvalue weighted by atomic mass is 16.5. The molecule has 0 aromatic rings. The highest BCUT2D eigenvalue weighted by molar-refractivity contribution is 5.75. The number of aliphatic hydroxyl groups excluding tert-OH is 2. The van der Waals surface area contributed by atoms with Gasteiger partial charge in [-0.3, -0.25) is 9.59 Å². The molecule has 9 atom stereocenters. The van der Waals surface area contributed by atoms with E-state index in [2.05, 4.69) is 23.9 Å². The zero-order valence-electron chi connectivity index (χ0n) is 23.0. The summed E-state index contributed by atoms with van der Waals surface area (Å²) in [5.74, 6) is 2.69. The average molecular weight is 506 g/mol. The van der Waals surface area contributed by atoms with Crippen LogP contribution >= 0.6 is 0 Å². The lowest BCUT2D eigenvalue weighted by molar-refractivity contribution is -0.172. The summed E-state index contributed by atoms with van der Waals surface area (Å²) >= 11 is 0. The molecule has 0 bridgehead atoms. The predicted octanol–water partition coefficient (Wildman–Crippen LogP) is 5.00. The number of aliphatic hydroxyl groups is 2. The molecule has 6 heteroatoms. The number of rotatable bonds is 10. The van der Waals surface area contributed by atoms with Gasteiger partial charge in [0.2, 0.25) is 5.91 Å². The van der Waals surface area contributed by atoms with Crippen LogP contribution in [0.2, 0.25) is 0 Å². The summed E-state index contributed by atoms with van der Waals surface area (Å²) in [5, 5.41) is 24.7. The molecule has 0 heterocycles. The van der Waals surface area contributed by atoms with E-state index in [9.17, 15) is 19.8 Å². The summed E-state index contributed by atoms with van der Waals surface area (Å²) in [4.78, 5) is 23.5. The van der Waals surface area contributed by atoms with Gasteiger partial charge in [0, 0.05) is 19.4 Å². The van der Waals surface area contributed by atoms with Gasteiger partial charge < -0.3 is 20.3 Å². The van der Waals surface area contributed by atoms with Gasteiger partial charge in [-0.2, -0.15) is 0 Å². The van der Waals surface area contributed by atoms with E-state index in [4.69, 9.17) is 0 Å². The smallest absolute Gasteiger partial charge is 0.305 e. The molecule has 4 fully saturated rings. The van der Waals surface area contributed by atoms with E-state index in [1.54, 1.807) is 0 Å². The van der Waals surface area contributed by atoms with Gasteiger partial charge in [0.25, 0.3) is 0 Å². The standard InChI is InChI=1S/C30H51NO5/c1-29-16-14-24-28(25(33)19-21-18-22(32)13-15-30(21,24)2)23(29)12-11-20(29)8-7-9-26(34)31-17-6-4-5-10-27(35)36-3/h20-25,28,32-33H,4-19H2,1-3H3,(H,31,34)/t20?,21?,22-,23?,24?,25?,28?,29?,30?/m1/s1. The number of esters is 1. The Morgan fingerprint density at radius 2 is 1.64 bits per heavy atom. The third-order valence-corrected chi connectivity index (χ3v) is 11.4. The molecule has 1 amide bonds. The minimum Gasteiger partial charge on any atom is -0.469 e. The lowest BCUT2D eigenvalue weighted by atomic mass is 9.44. The zero-order chi connectivity index (χ0) is 25.9. The SMILES string of the molecule is COC(=O)CCCCCNC(=O)CCCC1CCC2C3C(O)CC4C[C@H](O)CCC4(C)C3CCC12C. The summed E-state index contributed by atoms with van der Waals surface area (Å²) in [5.41, 5.74) is 0.565. The highest BCUT2D eigenvalue weighted by Gasteiger charge is 2.62. The van der Waals surface area contributed by atoms with Crippen LogP contribution in [-0.4, -0.2) is 48.0 Å². The van der Waals surface area contributed by atoms with Crippen LogP contribution in [-0.2, 0) is 14.3 Å². The molecule has 4 saturated carbocycles. The Kier molecular flexibility index (Phi) is 9.08. The van der Waals surface area contributed by atoms with Crippen LogP contribution in [0.1, 0.15) is 110 Å². The van der Waals surface area contributed by atoms with Crippen LogP contribution in [0, 0.1) is 40.4 Å². The summed E-state index contributed by atoms with van der Waals surface area (Å²) in [6, 6.07) is 0. The number of fused-ring (bicyclic) bond motifs is 5. The normalized spacial score (nSPS) is 41.6. The second-order valence-electron chi connectivity index (χ2n) is 13.2. The maximum atomic E-state index is 12.4. The van der Waals surface area contributed by atoms with Gasteiger partial charge >= 0.3 is 5.97 Å². The molecule has 8 unspecified atom stereocenters. The quantitative estimate of drug-likeness (QED) is 0.287. The first-order valence-electron chi connectivity index (χ1n) is 14.9. The Morgan fingerprint density at radius 3 is 2.42 bits per heavy atom. The molecule has 0 aromatic carbocycles. The van der Waals surface area contributed by atoms with Crippen molar-refractivity contribution in [1.29, 1.82) is 0 Å². The lowest BCUT2D eigenvalue weighted by Gasteiger charge is -2.62. The zero-order valence-corrected chi connectivity index (χ0v) is 23.0. The molecule has 0 aromatic heterocycles. The third-order valence-electron chi connectivity index (χ3n) is 11.4. The molecule has 0 radical (unpaired) electrons. The summed E-state index contributed by atoms with van der Waals surface area (Å²) < 4.78 is 4.65. The molecule has 0 spiro atoms. The number of nitrogens with one attached hydrogen (secondary N) is 1. The number of hydrogen-bond donors (Lipinski definition) is 3. The number of amides is 1. The molecule has 0 aliphatic heterocycles.